The molecule has 2 aromatic rings. The third-order valence-corrected chi connectivity index (χ3v) is 5.26. The Balaban J connectivity index is -0.000000430. The largest absolute Gasteiger partial charge is 0.300 e. The topological polar surface area (TPSA) is 17.1 Å². The minimum atomic E-state index is 0. The molecule has 2 aliphatic carbocycles. The molecule has 33 heavy (non-hydrogen) atoms. The maximum atomic E-state index is 11.5. The van der Waals surface area contributed by atoms with Crippen LogP contribution in [0.2, 0.25) is 0 Å². The minimum absolute atomic E-state index is 0. The number of rotatable bonds is 4. The zero-order valence-corrected chi connectivity index (χ0v) is 26.1. The van der Waals surface area contributed by atoms with Crippen molar-refractivity contribution in [2.45, 2.75) is 101 Å². The zero-order valence-electron chi connectivity index (χ0n) is 23.2. The number of benzene rings is 2. The predicted molar refractivity (Wildman–Crippen MR) is 144 cm³/mol. The van der Waals surface area contributed by atoms with Crippen molar-refractivity contribution in [1.29, 1.82) is 0 Å². The Hall–Kier alpha value is -0.916. The first-order chi connectivity index (χ1) is 15.7. The average Bonchev–Trinajstić information content (AvgIpc) is 3.60. The van der Waals surface area contributed by atoms with E-state index in [9.17, 15) is 4.79 Å². The van der Waals surface area contributed by atoms with Gasteiger partial charge in [-0.3, -0.25) is 4.79 Å². The fourth-order valence-corrected chi connectivity index (χ4v) is 3.64. The molecular formula is C31H50OY-2. The van der Waals surface area contributed by atoms with E-state index in [1.165, 1.54) is 42.4 Å². The van der Waals surface area contributed by atoms with E-state index < -0.39 is 0 Å². The van der Waals surface area contributed by atoms with Gasteiger partial charge in [0.05, 0.1) is 0 Å². The van der Waals surface area contributed by atoms with Gasteiger partial charge < -0.3 is 0 Å². The summed E-state index contributed by atoms with van der Waals surface area (Å²) < 4.78 is 0. The van der Waals surface area contributed by atoms with Crippen LogP contribution in [0.3, 0.4) is 0 Å². The molecule has 0 aliphatic heterocycles. The fourth-order valence-electron chi connectivity index (χ4n) is 3.64. The number of carbonyl (C=O) groups excluding carboxylic acids is 1. The first-order valence-corrected chi connectivity index (χ1v) is 13.0. The molecule has 2 atom stereocenters. The first-order valence-electron chi connectivity index (χ1n) is 13.0. The van der Waals surface area contributed by atoms with Crippen molar-refractivity contribution in [2.24, 2.45) is 11.8 Å². The van der Waals surface area contributed by atoms with Gasteiger partial charge in [0.15, 0.2) is 0 Å². The molecule has 0 amide bonds. The van der Waals surface area contributed by atoms with Gasteiger partial charge in [0, 0.05) is 38.6 Å². The Bertz CT molecular complexity index is 653. The normalized spacial score (nSPS) is 13.6. The molecule has 0 aromatic heterocycles. The van der Waals surface area contributed by atoms with Crippen LogP contribution < -0.4 is 0 Å². The summed E-state index contributed by atoms with van der Waals surface area (Å²) in [7, 11) is 0. The Labute approximate surface area is 232 Å². The van der Waals surface area contributed by atoms with E-state index in [1.807, 2.05) is 73.6 Å². The number of carbonyl (C=O) groups is 1. The summed E-state index contributed by atoms with van der Waals surface area (Å²) in [5.41, 5.74) is 4.23. The van der Waals surface area contributed by atoms with Gasteiger partial charge in [-0.1, -0.05) is 94.1 Å². The van der Waals surface area contributed by atoms with Gasteiger partial charge in [-0.2, -0.15) is 53.9 Å². The molecule has 1 radical (unpaired) electrons. The monoisotopic (exact) mass is 527 g/mol. The van der Waals surface area contributed by atoms with Gasteiger partial charge in [0.1, 0.15) is 5.78 Å². The zero-order chi connectivity index (χ0) is 24.9. The smallest absolute Gasteiger partial charge is 0.132 e. The molecule has 2 unspecified atom stereocenters. The summed E-state index contributed by atoms with van der Waals surface area (Å²) in [5.74, 6) is 1.59. The van der Waals surface area contributed by atoms with Crippen molar-refractivity contribution in [3.05, 3.63) is 77.7 Å². The number of ketones is 1. The molecule has 0 spiro atoms. The molecule has 0 N–H and O–H groups in total. The fraction of sp³-hybridized carbons (Fsp3) is 0.548. The predicted octanol–water partition coefficient (Wildman–Crippen LogP) is 9.49. The molecule has 4 rings (SSSR count). The second-order valence-corrected chi connectivity index (χ2v) is 7.04. The SMILES string of the molecule is CC.CC.CC.CC.CC(=O)C(C)C(c1c[c-]ccc1)C1CC1.[Y].c1ccc2c(c1)[CH-]CC2. The van der Waals surface area contributed by atoms with Crippen molar-refractivity contribution in [2.75, 3.05) is 0 Å². The summed E-state index contributed by atoms with van der Waals surface area (Å²) in [5, 5.41) is 0. The number of fused-ring (bicyclic) bond motifs is 1. The molecule has 2 aromatic carbocycles. The molecular weight excluding hydrogens is 477 g/mol. The molecule has 1 fully saturated rings. The number of Topliss-reactive ketones (excluding diaryl/α,β-unsaturated/α-hetero) is 1. The van der Waals surface area contributed by atoms with Crippen molar-refractivity contribution in [1.82, 2.24) is 0 Å². The summed E-state index contributed by atoms with van der Waals surface area (Å²) in [6.45, 7) is 19.8. The Morgan fingerprint density at radius 1 is 0.939 bits per heavy atom. The third kappa shape index (κ3) is 14.2. The summed E-state index contributed by atoms with van der Waals surface area (Å²) in [6.07, 6.45) is 7.33. The Morgan fingerprint density at radius 2 is 1.52 bits per heavy atom. The molecule has 0 saturated heterocycles. The van der Waals surface area contributed by atoms with Crippen molar-refractivity contribution >= 4 is 5.78 Å². The van der Waals surface area contributed by atoms with Crippen LogP contribution in [0.4, 0.5) is 0 Å². The van der Waals surface area contributed by atoms with Crippen LogP contribution in [-0.4, -0.2) is 5.78 Å². The van der Waals surface area contributed by atoms with Crippen molar-refractivity contribution in [3.63, 3.8) is 0 Å². The van der Waals surface area contributed by atoms with E-state index >= 15 is 0 Å². The van der Waals surface area contributed by atoms with Crippen LogP contribution in [0, 0.1) is 24.3 Å². The first kappa shape index (κ1) is 36.6. The van der Waals surface area contributed by atoms with Gasteiger partial charge in [-0.25, -0.2) is 0 Å². The van der Waals surface area contributed by atoms with Gasteiger partial charge in [0.2, 0.25) is 0 Å². The Morgan fingerprint density at radius 3 is 1.97 bits per heavy atom. The van der Waals surface area contributed by atoms with E-state index in [2.05, 4.69) is 49.7 Å². The van der Waals surface area contributed by atoms with E-state index in [0.29, 0.717) is 11.7 Å². The van der Waals surface area contributed by atoms with Crippen LogP contribution in [0.5, 0.6) is 0 Å². The van der Waals surface area contributed by atoms with E-state index in [1.54, 1.807) is 6.92 Å². The molecule has 0 heterocycles. The van der Waals surface area contributed by atoms with Crippen LogP contribution in [0.25, 0.3) is 0 Å². The maximum absolute atomic E-state index is 11.5. The molecule has 0 bridgehead atoms. The third-order valence-electron chi connectivity index (χ3n) is 5.26. The van der Waals surface area contributed by atoms with Crippen LogP contribution in [0.15, 0.2) is 48.5 Å². The second-order valence-electron chi connectivity index (χ2n) is 7.04. The van der Waals surface area contributed by atoms with Crippen molar-refractivity contribution in [3.8, 4) is 0 Å². The van der Waals surface area contributed by atoms with E-state index in [0.717, 1.165) is 5.92 Å². The van der Waals surface area contributed by atoms with Gasteiger partial charge >= 0.3 is 0 Å². The van der Waals surface area contributed by atoms with Crippen molar-refractivity contribution < 1.29 is 37.5 Å². The van der Waals surface area contributed by atoms with Gasteiger partial charge in [-0.15, -0.1) is 17.7 Å². The summed E-state index contributed by atoms with van der Waals surface area (Å²) in [6, 6.07) is 19.8. The second kappa shape index (κ2) is 24.2. The molecule has 1 saturated carbocycles. The molecule has 185 valence electrons. The number of aryl methyl sites for hydroxylation is 1. The van der Waals surface area contributed by atoms with E-state index in [4.69, 9.17) is 0 Å². The van der Waals surface area contributed by atoms with Gasteiger partial charge in [-0.05, 0) is 18.8 Å². The number of hydrogen-bond acceptors (Lipinski definition) is 1. The van der Waals surface area contributed by atoms with Crippen LogP contribution in [0.1, 0.15) is 111 Å². The van der Waals surface area contributed by atoms with Gasteiger partial charge in [0.25, 0.3) is 0 Å². The van der Waals surface area contributed by atoms with Crippen LogP contribution >= 0.6 is 0 Å². The number of hydrogen-bond donors (Lipinski definition) is 0. The molecule has 1 nitrogen and oxygen atoms in total. The maximum Gasteiger partial charge on any atom is 0.132 e. The van der Waals surface area contributed by atoms with Crippen LogP contribution in [-0.2, 0) is 43.9 Å². The quantitative estimate of drug-likeness (QED) is 0.362. The molecule has 2 heteroatoms. The molecule has 2 aliphatic rings. The van der Waals surface area contributed by atoms with E-state index in [-0.39, 0.29) is 38.6 Å². The Kier molecular flexibility index (Phi) is 26.9. The summed E-state index contributed by atoms with van der Waals surface area (Å²) >= 11 is 0. The standard InChI is InChI=1S/C14H17O.C9H9.4C2H6.Y/c1-10(11(2)15)14(13-8-9-13)12-6-4-3-5-7-12;1-2-5-9-7-3-6-8(9)4-1;4*1-2;/h3-4,6-7,10,13-14H,8-9H2,1-2H3;1-2,4-6H,3,7H2;4*1-2H3;/q2*-1;;;;;. The summed E-state index contributed by atoms with van der Waals surface area (Å²) in [4.78, 5) is 11.5. The average molecular weight is 528 g/mol. The minimum Gasteiger partial charge on any atom is -0.300 e.